The molecule has 20 heteroatoms. The van der Waals surface area contributed by atoms with Gasteiger partial charge in [-0.25, -0.2) is 14.8 Å². The summed E-state index contributed by atoms with van der Waals surface area (Å²) in [5.41, 5.74) is 4.96. The van der Waals surface area contributed by atoms with Gasteiger partial charge in [0.05, 0.1) is 6.20 Å². The number of nitrogens with two attached hydrogens (primary N) is 1. The van der Waals surface area contributed by atoms with Crippen molar-refractivity contribution in [2.45, 2.75) is 22.4 Å². The number of nitrogen functional groups attached to an aromatic ring is 1. The van der Waals surface area contributed by atoms with Crippen molar-refractivity contribution in [2.75, 3.05) is 17.2 Å². The first kappa shape index (κ1) is 28.4. The molecule has 0 unspecified atom stereocenters. The third kappa shape index (κ3) is 5.85. The lowest BCUT2D eigenvalue weighted by Crippen LogP contribution is -2.71. The van der Waals surface area contributed by atoms with Crippen LogP contribution in [0.3, 0.4) is 0 Å². The van der Waals surface area contributed by atoms with Gasteiger partial charge in [-0.1, -0.05) is 16.9 Å². The molecule has 0 spiro atoms. The van der Waals surface area contributed by atoms with Crippen LogP contribution in [0.2, 0.25) is 0 Å². The van der Waals surface area contributed by atoms with Crippen molar-refractivity contribution in [3.8, 4) is 5.75 Å². The molecule has 2 aliphatic rings. The van der Waals surface area contributed by atoms with Crippen LogP contribution in [0, 0.1) is 0 Å². The number of thiazole rings is 1. The van der Waals surface area contributed by atoms with Gasteiger partial charge in [-0.2, -0.15) is 9.10 Å². The average Bonchev–Trinajstić information content (AvgIpc) is 3.62. The van der Waals surface area contributed by atoms with Crippen molar-refractivity contribution in [3.63, 3.8) is 0 Å². The lowest BCUT2D eigenvalue weighted by Gasteiger charge is -2.49. The maximum atomic E-state index is 13.2. The van der Waals surface area contributed by atoms with Gasteiger partial charge in [-0.05, 0) is 17.1 Å². The molecule has 0 aromatic carbocycles. The summed E-state index contributed by atoms with van der Waals surface area (Å²) in [5.74, 6) is -2.78. The number of aromatic hydroxyl groups is 1. The van der Waals surface area contributed by atoms with E-state index in [4.69, 9.17) is 10.6 Å². The molecule has 0 saturated carbocycles. The Labute approximate surface area is 245 Å². The monoisotopic (exact) mass is 638 g/mol. The van der Waals surface area contributed by atoms with Gasteiger partial charge < -0.3 is 31.3 Å². The van der Waals surface area contributed by atoms with E-state index in [2.05, 4.69) is 24.8 Å². The maximum absolute atomic E-state index is 13.2. The molecule has 2 atom stereocenters. The van der Waals surface area contributed by atoms with Crippen molar-refractivity contribution in [1.29, 1.82) is 0 Å². The fourth-order valence-electron chi connectivity index (χ4n) is 3.80. The van der Waals surface area contributed by atoms with E-state index in [1.54, 1.807) is 0 Å². The van der Waals surface area contributed by atoms with Crippen LogP contribution in [0.5, 0.6) is 5.75 Å². The van der Waals surface area contributed by atoms with Crippen LogP contribution < -0.4 is 16.5 Å². The summed E-state index contributed by atoms with van der Waals surface area (Å²) in [5, 5.41) is 36.4. The number of oxime groups is 1. The molecule has 2 amide bonds. The Morgan fingerprint density at radius 2 is 2.15 bits per heavy atom. The van der Waals surface area contributed by atoms with E-state index in [1.807, 2.05) is 0 Å². The van der Waals surface area contributed by atoms with Gasteiger partial charge in [0.25, 0.3) is 11.8 Å². The number of carboxylic acids is 1. The number of rotatable bonds is 10. The van der Waals surface area contributed by atoms with Crippen molar-refractivity contribution >= 4 is 75.0 Å². The molecule has 5 rings (SSSR count). The lowest BCUT2D eigenvalue weighted by molar-refractivity contribution is -0.150. The molecule has 6 N–H and O–H groups in total. The SMILES string of the molecule is Nc1nc(/C(=N/OCc2cc(=O)c(O)cn2O)C(=O)N[C@@H]2C(=O)N3C(C(=O)O)=C(CSc4ncns4)CS[C@H]23)cs1. The average molecular weight is 639 g/mol. The number of carbonyl (C=O) groups excluding carboxylic acids is 2. The van der Waals surface area contributed by atoms with Crippen molar-refractivity contribution in [1.82, 2.24) is 29.3 Å². The number of aromatic nitrogens is 4. The molecular weight excluding hydrogens is 621 g/mol. The van der Waals surface area contributed by atoms with Gasteiger partial charge in [0, 0.05) is 23.0 Å². The van der Waals surface area contributed by atoms with Crippen LogP contribution >= 0.6 is 46.4 Å². The summed E-state index contributed by atoms with van der Waals surface area (Å²) in [6.07, 6.45) is 2.17. The van der Waals surface area contributed by atoms with Crippen LogP contribution in [0.4, 0.5) is 5.13 Å². The summed E-state index contributed by atoms with van der Waals surface area (Å²) in [4.78, 5) is 64.5. The van der Waals surface area contributed by atoms with E-state index in [1.165, 1.54) is 46.8 Å². The first-order chi connectivity index (χ1) is 19.6. The number of β-lactam (4-membered cyclic amide) rings is 1. The molecule has 16 nitrogen and oxygen atoms in total. The zero-order chi connectivity index (χ0) is 29.3. The Bertz CT molecular complexity index is 1640. The molecule has 214 valence electrons. The van der Waals surface area contributed by atoms with Gasteiger partial charge >= 0.3 is 5.97 Å². The number of carbonyl (C=O) groups is 3. The minimum absolute atomic E-state index is 0.0409. The largest absolute Gasteiger partial charge is 0.503 e. The number of aliphatic carboxylic acids is 1. The van der Waals surface area contributed by atoms with Gasteiger partial charge in [0.1, 0.15) is 34.8 Å². The van der Waals surface area contributed by atoms with E-state index in [-0.39, 0.29) is 27.9 Å². The van der Waals surface area contributed by atoms with Crippen molar-refractivity contribution < 1.29 is 34.6 Å². The highest BCUT2D eigenvalue weighted by Crippen LogP contribution is 2.41. The number of pyridine rings is 1. The number of anilines is 1. The van der Waals surface area contributed by atoms with Gasteiger partial charge in [-0.3, -0.25) is 19.3 Å². The Hall–Kier alpha value is -4.14. The number of nitrogens with one attached hydrogen (secondary N) is 1. The standard InChI is InChI=1S/C21H18N8O8S4/c22-20-25-10(6-39-20)13(27-37-3-9-1-11(30)12(31)2-28(9)36)16(32)26-14-17(33)29-15(19(34)35)8(4-38-18(14)29)5-40-21-23-7-24-41-21/h1-2,6-7,14,18,31,36H,3-5H2,(H2,22,25)(H,26,32)(H,34,35)/b27-13-/t14-,18-/m1/s1. The third-order valence-electron chi connectivity index (χ3n) is 5.68. The predicted molar refractivity (Wildman–Crippen MR) is 148 cm³/mol. The number of amides is 2. The molecule has 1 fully saturated rings. The van der Waals surface area contributed by atoms with E-state index in [0.29, 0.717) is 26.1 Å². The molecule has 3 aromatic heterocycles. The van der Waals surface area contributed by atoms with Crippen LogP contribution in [0.1, 0.15) is 11.4 Å². The highest BCUT2D eigenvalue weighted by molar-refractivity contribution is 8.01. The summed E-state index contributed by atoms with van der Waals surface area (Å²) >= 11 is 4.82. The number of hydrogen-bond donors (Lipinski definition) is 5. The highest BCUT2D eigenvalue weighted by atomic mass is 32.2. The smallest absolute Gasteiger partial charge is 0.352 e. The van der Waals surface area contributed by atoms with E-state index in [0.717, 1.165) is 28.5 Å². The van der Waals surface area contributed by atoms with Gasteiger partial charge in [0.15, 0.2) is 27.5 Å². The second-order valence-corrected chi connectivity index (χ2v) is 12.3. The molecule has 2 aliphatic heterocycles. The van der Waals surface area contributed by atoms with Crippen LogP contribution in [-0.2, 0) is 25.8 Å². The molecule has 5 heterocycles. The zero-order valence-electron chi connectivity index (χ0n) is 20.4. The van der Waals surface area contributed by atoms with E-state index >= 15 is 0 Å². The summed E-state index contributed by atoms with van der Waals surface area (Å²) < 4.78 is 5.04. The first-order valence-electron chi connectivity index (χ1n) is 11.3. The van der Waals surface area contributed by atoms with Crippen molar-refractivity contribution in [3.05, 3.63) is 56.9 Å². The minimum atomic E-state index is -1.26. The number of fused-ring (bicyclic) bond motifs is 1. The van der Waals surface area contributed by atoms with E-state index < -0.39 is 47.0 Å². The molecule has 3 aromatic rings. The number of thioether (sulfide) groups is 2. The van der Waals surface area contributed by atoms with E-state index in [9.17, 15) is 34.6 Å². The summed E-state index contributed by atoms with van der Waals surface area (Å²) in [6, 6.07) is -0.137. The summed E-state index contributed by atoms with van der Waals surface area (Å²) in [7, 11) is 0. The maximum Gasteiger partial charge on any atom is 0.352 e. The third-order valence-corrected chi connectivity index (χ3v) is 9.58. The first-order valence-corrected chi connectivity index (χ1v) is 15.0. The molecular formula is C21H18N8O8S4. The Morgan fingerprint density at radius 3 is 2.83 bits per heavy atom. The second-order valence-electron chi connectivity index (χ2n) is 8.26. The van der Waals surface area contributed by atoms with Crippen LogP contribution in [0.15, 0.2) is 49.5 Å². The lowest BCUT2D eigenvalue weighted by atomic mass is 10.0. The van der Waals surface area contributed by atoms with Gasteiger partial charge in [-0.15, -0.1) is 23.1 Å². The Morgan fingerprint density at radius 1 is 1.34 bits per heavy atom. The molecule has 0 bridgehead atoms. The number of hydrogen-bond acceptors (Lipinski definition) is 16. The molecule has 0 radical (unpaired) electrons. The normalized spacial score (nSPS) is 18.6. The van der Waals surface area contributed by atoms with Crippen molar-refractivity contribution in [2.24, 2.45) is 5.16 Å². The van der Waals surface area contributed by atoms with Crippen LogP contribution in [0.25, 0.3) is 0 Å². The molecule has 41 heavy (non-hydrogen) atoms. The minimum Gasteiger partial charge on any atom is -0.503 e. The topological polar surface area (TPSA) is 235 Å². The van der Waals surface area contributed by atoms with Gasteiger partial charge in [0.2, 0.25) is 5.43 Å². The summed E-state index contributed by atoms with van der Waals surface area (Å²) in [6.45, 7) is -0.471. The predicted octanol–water partition coefficient (Wildman–Crippen LogP) is 0.133. The quantitative estimate of drug-likeness (QED) is 0.0653. The fraction of sp³-hybridized carbons (Fsp3) is 0.238. The second kappa shape index (κ2) is 11.8. The zero-order valence-corrected chi connectivity index (χ0v) is 23.6. The number of carboxylic acid groups (broad SMARTS) is 1. The van der Waals surface area contributed by atoms with Crippen LogP contribution in [-0.4, -0.2) is 85.8 Å². The Balaban J connectivity index is 1.31. The fourth-order valence-corrected chi connectivity index (χ4v) is 7.28. The Kier molecular flexibility index (Phi) is 8.15. The number of nitrogens with zero attached hydrogens (tertiary/aromatic N) is 6. The highest BCUT2D eigenvalue weighted by Gasteiger charge is 2.54. The molecule has 0 aliphatic carbocycles. The molecule has 1 saturated heterocycles.